The molecule has 0 amide bonds. The Bertz CT molecular complexity index is 2010. The molecule has 13 heteroatoms. The van der Waals surface area contributed by atoms with Crippen LogP contribution < -0.4 is 42.4 Å². The molecular weight excluding hydrogens is 1030 g/mol. The van der Waals surface area contributed by atoms with E-state index in [1.165, 1.54) is 67.1 Å². The molecule has 0 N–H and O–H groups in total. The van der Waals surface area contributed by atoms with Crippen LogP contribution in [0, 0.1) is 0 Å². The molecule has 0 nitrogen and oxygen atoms in total. The Labute approximate surface area is 398 Å². The van der Waals surface area contributed by atoms with Crippen molar-refractivity contribution in [2.75, 3.05) is 24.6 Å². The second-order valence-corrected chi connectivity index (χ2v) is 25.5. The summed E-state index contributed by atoms with van der Waals surface area (Å²) in [6, 6.07) is 88.4. The monoisotopic (exact) mass is 1080 g/mol. The first kappa shape index (κ1) is 52.4. The maximum Gasteiger partial charge on any atom is -0.0195 e. The fourth-order valence-electron chi connectivity index (χ4n) is 6.89. The van der Waals surface area contributed by atoms with E-state index in [0.717, 1.165) is 0 Å². The summed E-state index contributed by atoms with van der Waals surface area (Å²) in [5.41, 5.74) is 0. The molecule has 0 aromatic heterocycles. The Hall–Kier alpha value is -3.60. The standard InChI is InChI=1S/2C26H24P2.ClH.F6P.Ru/c2*1-5-13-23(14-6-1)27(24-15-7-2-8-16-24)21-22-28(25-17-9-3-10-18-25)26-19-11-4-12-20-26;;1-7(2,3,4,5)6;/h2*1-20H,21-22H2;1H;;/q;;;-1;+1/p-1. The molecule has 65 heavy (non-hydrogen) atoms. The van der Waals surface area contributed by atoms with E-state index in [-0.39, 0.29) is 31.7 Å². The van der Waals surface area contributed by atoms with Gasteiger partial charge in [-0.2, -0.15) is 0 Å². The number of hydrogen-bond acceptors (Lipinski definition) is 0. The second kappa shape index (κ2) is 25.5. The van der Waals surface area contributed by atoms with Crippen LogP contribution in [0.5, 0.6) is 0 Å². The first-order valence-corrected chi connectivity index (χ1v) is 30.9. The van der Waals surface area contributed by atoms with E-state index in [1.54, 1.807) is 0 Å². The summed E-state index contributed by atoms with van der Waals surface area (Å²) in [6.45, 7) is 0. The Morgan fingerprint density at radius 1 is 0.246 bits per heavy atom. The van der Waals surface area contributed by atoms with E-state index in [1.807, 2.05) is 17.3 Å². The van der Waals surface area contributed by atoms with E-state index >= 15 is 0 Å². The Morgan fingerprint density at radius 3 is 0.431 bits per heavy atom. The topological polar surface area (TPSA) is 0 Å². The van der Waals surface area contributed by atoms with Crippen LogP contribution in [-0.4, -0.2) is 24.6 Å². The normalized spacial score (nSPS) is 12.1. The van der Waals surface area contributed by atoms with Crippen LogP contribution in [0.2, 0.25) is 0 Å². The molecule has 0 aliphatic heterocycles. The molecule has 0 saturated carbocycles. The van der Waals surface area contributed by atoms with Gasteiger partial charge in [0.1, 0.15) is 0 Å². The molecule has 8 aromatic rings. The van der Waals surface area contributed by atoms with Crippen molar-refractivity contribution >= 4 is 91.6 Å². The summed E-state index contributed by atoms with van der Waals surface area (Å²) in [5.74, 6) is 0. The van der Waals surface area contributed by atoms with Crippen molar-refractivity contribution < 1.29 is 42.5 Å². The first-order chi connectivity index (χ1) is 31.3. The van der Waals surface area contributed by atoms with Gasteiger partial charge in [0.05, 0.1) is 0 Å². The number of benzene rings is 8. The zero-order valence-corrected chi connectivity index (χ0v) is 42.1. The minimum absolute atomic E-state index is 0.348. The third kappa shape index (κ3) is 19.6. The van der Waals surface area contributed by atoms with Crippen molar-refractivity contribution in [3.63, 3.8) is 0 Å². The smallest absolute Gasteiger partial charge is 0.0195 e. The fourth-order valence-corrected chi connectivity index (χ4v) is 17.6. The van der Waals surface area contributed by atoms with E-state index in [4.69, 9.17) is 0 Å². The molecule has 0 heterocycles. The van der Waals surface area contributed by atoms with Crippen molar-refractivity contribution in [2.24, 2.45) is 0 Å². The van der Waals surface area contributed by atoms with Crippen LogP contribution in [-0.2, 0) is 17.3 Å². The predicted octanol–water partition coefficient (Wildman–Crippen LogP) is 14.6. The molecule has 0 atom stereocenters. The third-order valence-corrected chi connectivity index (χ3v) is 20.4. The molecule has 8 aromatic carbocycles. The van der Waals surface area contributed by atoms with Crippen molar-refractivity contribution in [3.8, 4) is 0 Å². The largest absolute Gasteiger partial charge is 0.0622 e. The SMILES string of the molecule is F[P-](F)(F)(F)(F)F.[Cl][Ru].c1ccc(P(CCP(c2ccccc2)c2ccccc2)c2ccccc2)cc1.c1ccc(P(CCP(c2ccccc2)c2ccccc2)c2ccccc2)cc1. The van der Waals surface area contributed by atoms with Gasteiger partial charge in [0.2, 0.25) is 0 Å². The molecule has 0 radical (unpaired) electrons. The van der Waals surface area contributed by atoms with Crippen LogP contribution in [0.1, 0.15) is 0 Å². The fraction of sp³-hybridized carbons (Fsp3) is 0.0769. The van der Waals surface area contributed by atoms with Gasteiger partial charge in [-0.25, -0.2) is 0 Å². The third-order valence-electron chi connectivity index (χ3n) is 9.64. The Morgan fingerprint density at radius 2 is 0.338 bits per heavy atom. The quantitative estimate of drug-likeness (QED) is 0.0578. The molecule has 0 aliphatic carbocycles. The number of rotatable bonds is 14. The molecular formula is C52H48ClF6P5Ru-. The zero-order valence-electron chi connectivity index (χ0n) is 35.2. The number of halogens is 7. The van der Waals surface area contributed by atoms with E-state index in [9.17, 15) is 25.2 Å². The summed E-state index contributed by atoms with van der Waals surface area (Å²) in [4.78, 5) is 0. The van der Waals surface area contributed by atoms with Gasteiger partial charge in [-0.3, -0.25) is 0 Å². The maximum atomic E-state index is 9.87. The van der Waals surface area contributed by atoms with Crippen LogP contribution in [0.3, 0.4) is 0 Å². The predicted molar refractivity (Wildman–Crippen MR) is 275 cm³/mol. The summed E-state index contributed by atoms with van der Waals surface area (Å²) in [5, 5.41) is 11.8. The molecule has 0 bridgehead atoms. The zero-order chi connectivity index (χ0) is 46.4. The second-order valence-electron chi connectivity index (χ2n) is 14.2. The minimum atomic E-state index is -10.7. The van der Waals surface area contributed by atoms with Crippen molar-refractivity contribution in [1.82, 2.24) is 0 Å². The van der Waals surface area contributed by atoms with E-state index in [0.29, 0.717) is 0 Å². The Kier molecular flexibility index (Phi) is 20.6. The first-order valence-electron chi connectivity index (χ1n) is 20.5. The van der Waals surface area contributed by atoms with Crippen molar-refractivity contribution in [2.45, 2.75) is 0 Å². The van der Waals surface area contributed by atoms with Gasteiger partial charge in [-0.15, -0.1) is 0 Å². The summed E-state index contributed by atoms with van der Waals surface area (Å²) in [6.07, 6.45) is 4.83. The van der Waals surface area contributed by atoms with Crippen LogP contribution in [0.4, 0.5) is 25.2 Å². The van der Waals surface area contributed by atoms with Gasteiger partial charge >= 0.3 is 60.0 Å². The number of hydrogen-bond donors (Lipinski definition) is 0. The summed E-state index contributed by atoms with van der Waals surface area (Å²) in [7, 11) is -7.48. The molecule has 0 aliphatic rings. The van der Waals surface area contributed by atoms with Crippen LogP contribution in [0.25, 0.3) is 0 Å². The van der Waals surface area contributed by atoms with E-state index < -0.39 is 7.81 Å². The average molecular weight is 1080 g/mol. The minimum Gasteiger partial charge on any atom is -0.0622 e. The molecule has 0 fully saturated rings. The van der Waals surface area contributed by atoms with Crippen molar-refractivity contribution in [1.29, 1.82) is 0 Å². The van der Waals surface area contributed by atoms with Gasteiger partial charge in [-0.1, -0.05) is 243 Å². The maximum absolute atomic E-state index is 10.7. The van der Waals surface area contributed by atoms with Crippen LogP contribution in [0.15, 0.2) is 243 Å². The van der Waals surface area contributed by atoms with Gasteiger partial charge < -0.3 is 0 Å². The average Bonchev–Trinajstić information content (AvgIpc) is 3.34. The van der Waals surface area contributed by atoms with Gasteiger partial charge in [0, 0.05) is 0 Å². The molecule has 0 unspecified atom stereocenters. The van der Waals surface area contributed by atoms with E-state index in [2.05, 4.69) is 252 Å². The van der Waals surface area contributed by atoms with Crippen LogP contribution >= 0.6 is 49.2 Å². The van der Waals surface area contributed by atoms with Gasteiger partial charge in [-0.05, 0) is 98.8 Å². The Balaban J connectivity index is 0.000000206. The van der Waals surface area contributed by atoms with Crippen molar-refractivity contribution in [3.05, 3.63) is 243 Å². The molecule has 339 valence electrons. The molecule has 8 rings (SSSR count). The summed E-state index contributed by atoms with van der Waals surface area (Å²) < 4.78 is 59.2. The molecule has 0 spiro atoms. The van der Waals surface area contributed by atoms with Gasteiger partial charge in [0.25, 0.3) is 0 Å². The van der Waals surface area contributed by atoms with Gasteiger partial charge in [0.15, 0.2) is 0 Å². The molecule has 0 saturated heterocycles. The summed E-state index contributed by atoms with van der Waals surface area (Å²) >= 11 is 1.82.